The van der Waals surface area contributed by atoms with Crippen molar-refractivity contribution in [3.63, 3.8) is 0 Å². The Morgan fingerprint density at radius 1 is 1.33 bits per heavy atom. The minimum atomic E-state index is 0.177. The summed E-state index contributed by atoms with van der Waals surface area (Å²) in [6.45, 7) is 11.8. The average molecular weight is 254 g/mol. The van der Waals surface area contributed by atoms with Crippen molar-refractivity contribution >= 4 is 5.91 Å². The number of piperazine rings is 1. The Hall–Kier alpha value is -0.650. The van der Waals surface area contributed by atoms with Gasteiger partial charge in [0, 0.05) is 64.3 Å². The second-order valence-electron chi connectivity index (χ2n) is 5.67. The summed E-state index contributed by atoms with van der Waals surface area (Å²) in [7, 11) is 0. The molecule has 1 amide bonds. The van der Waals surface area contributed by atoms with Crippen molar-refractivity contribution in [1.82, 2.24) is 20.4 Å². The molecule has 2 N–H and O–H groups in total. The number of carbonyl (C=O) groups is 1. The molecule has 2 aliphatic heterocycles. The van der Waals surface area contributed by atoms with Gasteiger partial charge in [-0.05, 0) is 13.8 Å². The number of nitrogens with zero attached hydrogens (tertiary/aromatic N) is 2. The van der Waals surface area contributed by atoms with E-state index in [9.17, 15) is 4.79 Å². The topological polar surface area (TPSA) is 47.6 Å². The summed E-state index contributed by atoms with van der Waals surface area (Å²) in [4.78, 5) is 16.5. The van der Waals surface area contributed by atoms with Crippen LogP contribution in [0.4, 0.5) is 0 Å². The highest BCUT2D eigenvalue weighted by molar-refractivity contribution is 5.76. The third-order valence-corrected chi connectivity index (χ3v) is 3.71. The summed E-state index contributed by atoms with van der Waals surface area (Å²) in [5.74, 6) is 0.177. The van der Waals surface area contributed by atoms with Gasteiger partial charge < -0.3 is 10.6 Å². The molecule has 2 heterocycles. The molecule has 0 saturated carbocycles. The fraction of sp³-hybridized carbons (Fsp3) is 0.923. The van der Waals surface area contributed by atoms with Gasteiger partial charge in [0.25, 0.3) is 0 Å². The fourth-order valence-corrected chi connectivity index (χ4v) is 2.66. The van der Waals surface area contributed by atoms with Crippen LogP contribution in [-0.4, -0.2) is 73.6 Å². The maximum Gasteiger partial charge on any atom is 0.221 e. The van der Waals surface area contributed by atoms with Crippen LogP contribution in [-0.2, 0) is 4.79 Å². The van der Waals surface area contributed by atoms with E-state index in [1.807, 2.05) is 13.8 Å². The van der Waals surface area contributed by atoms with Crippen LogP contribution in [0.2, 0.25) is 0 Å². The molecule has 0 aromatic heterocycles. The second-order valence-corrected chi connectivity index (χ2v) is 5.67. The normalized spacial score (nSPS) is 23.1. The first-order valence-electron chi connectivity index (χ1n) is 7.11. The Kier molecular flexibility index (Phi) is 4.97. The molecule has 0 unspecified atom stereocenters. The van der Waals surface area contributed by atoms with Gasteiger partial charge in [-0.25, -0.2) is 0 Å². The van der Waals surface area contributed by atoms with Crippen molar-refractivity contribution < 1.29 is 4.79 Å². The highest BCUT2D eigenvalue weighted by Gasteiger charge is 2.31. The van der Waals surface area contributed by atoms with Crippen LogP contribution >= 0.6 is 0 Å². The molecule has 2 fully saturated rings. The van der Waals surface area contributed by atoms with E-state index in [-0.39, 0.29) is 11.9 Å². The van der Waals surface area contributed by atoms with Gasteiger partial charge in [0.2, 0.25) is 5.91 Å². The van der Waals surface area contributed by atoms with Gasteiger partial charge in [-0.15, -0.1) is 0 Å². The highest BCUT2D eigenvalue weighted by Crippen LogP contribution is 2.15. The number of nitrogens with one attached hydrogen (secondary N) is 2. The summed E-state index contributed by atoms with van der Waals surface area (Å²) in [5.41, 5.74) is 0. The average Bonchev–Trinajstić information content (AvgIpc) is 2.27. The van der Waals surface area contributed by atoms with Crippen molar-refractivity contribution in [2.24, 2.45) is 0 Å². The van der Waals surface area contributed by atoms with Gasteiger partial charge in [0.1, 0.15) is 0 Å². The van der Waals surface area contributed by atoms with Gasteiger partial charge in [-0.1, -0.05) is 0 Å². The fourth-order valence-electron chi connectivity index (χ4n) is 2.66. The van der Waals surface area contributed by atoms with Gasteiger partial charge >= 0.3 is 0 Å². The van der Waals surface area contributed by atoms with Crippen molar-refractivity contribution in [2.45, 2.75) is 32.4 Å². The van der Waals surface area contributed by atoms with Crippen LogP contribution in [0.3, 0.4) is 0 Å². The molecule has 5 heteroatoms. The van der Waals surface area contributed by atoms with E-state index in [4.69, 9.17) is 0 Å². The lowest BCUT2D eigenvalue weighted by Gasteiger charge is -2.46. The Balaban J connectivity index is 1.57. The predicted molar refractivity (Wildman–Crippen MR) is 72.6 cm³/mol. The lowest BCUT2D eigenvalue weighted by Crippen LogP contribution is -2.62. The Labute approximate surface area is 110 Å². The largest absolute Gasteiger partial charge is 0.354 e. The first-order valence-corrected chi connectivity index (χ1v) is 7.11. The zero-order chi connectivity index (χ0) is 13.0. The quantitative estimate of drug-likeness (QED) is 0.694. The molecular formula is C13H26N4O. The molecule has 2 saturated heterocycles. The Morgan fingerprint density at radius 2 is 2.00 bits per heavy atom. The van der Waals surface area contributed by atoms with E-state index in [1.54, 1.807) is 0 Å². The van der Waals surface area contributed by atoms with Crippen LogP contribution in [0.5, 0.6) is 0 Å². The smallest absolute Gasteiger partial charge is 0.221 e. The number of hydrogen-bond donors (Lipinski definition) is 2. The zero-order valence-corrected chi connectivity index (χ0v) is 11.6. The SMILES string of the molecule is CC(C)NC(=O)CCN1CC(N2CCNCC2)C1. The molecule has 0 aromatic carbocycles. The highest BCUT2D eigenvalue weighted by atomic mass is 16.1. The van der Waals surface area contributed by atoms with Crippen molar-refractivity contribution in [3.05, 3.63) is 0 Å². The molecule has 2 rings (SSSR count). The van der Waals surface area contributed by atoms with Gasteiger partial charge in [-0.2, -0.15) is 0 Å². The molecule has 18 heavy (non-hydrogen) atoms. The summed E-state index contributed by atoms with van der Waals surface area (Å²) in [6.07, 6.45) is 0.631. The maximum absolute atomic E-state index is 11.5. The lowest BCUT2D eigenvalue weighted by atomic mass is 10.1. The number of carbonyl (C=O) groups excluding carboxylic acids is 1. The zero-order valence-electron chi connectivity index (χ0n) is 11.6. The minimum Gasteiger partial charge on any atom is -0.354 e. The molecule has 0 atom stereocenters. The summed E-state index contributed by atoms with van der Waals surface area (Å²) < 4.78 is 0. The van der Waals surface area contributed by atoms with E-state index in [0.717, 1.165) is 38.8 Å². The van der Waals surface area contributed by atoms with Gasteiger partial charge in [0.05, 0.1) is 0 Å². The number of amides is 1. The van der Waals surface area contributed by atoms with E-state index in [2.05, 4.69) is 20.4 Å². The summed E-state index contributed by atoms with van der Waals surface area (Å²) in [5, 5.41) is 6.32. The molecule has 5 nitrogen and oxygen atoms in total. The van der Waals surface area contributed by atoms with Crippen LogP contribution in [0.1, 0.15) is 20.3 Å². The number of rotatable bonds is 5. The first kappa shape index (κ1) is 13.8. The monoisotopic (exact) mass is 254 g/mol. The standard InChI is InChI=1S/C13H26N4O/c1-11(2)15-13(18)3-6-16-9-12(10-16)17-7-4-14-5-8-17/h11-12,14H,3-10H2,1-2H3,(H,15,18). The predicted octanol–water partition coefficient (Wildman–Crippen LogP) is -0.509. The third-order valence-electron chi connectivity index (χ3n) is 3.71. The molecule has 104 valence electrons. The molecule has 0 aliphatic carbocycles. The molecule has 0 bridgehead atoms. The lowest BCUT2D eigenvalue weighted by molar-refractivity contribution is -0.122. The molecular weight excluding hydrogens is 228 g/mol. The maximum atomic E-state index is 11.5. The summed E-state index contributed by atoms with van der Waals surface area (Å²) in [6, 6.07) is 0.975. The van der Waals surface area contributed by atoms with Crippen LogP contribution < -0.4 is 10.6 Å². The van der Waals surface area contributed by atoms with Crippen molar-refractivity contribution in [2.75, 3.05) is 45.8 Å². The van der Waals surface area contributed by atoms with Crippen molar-refractivity contribution in [3.8, 4) is 0 Å². The second kappa shape index (κ2) is 6.50. The van der Waals surface area contributed by atoms with Crippen LogP contribution in [0.25, 0.3) is 0 Å². The van der Waals surface area contributed by atoms with Crippen LogP contribution in [0, 0.1) is 0 Å². The van der Waals surface area contributed by atoms with Gasteiger partial charge in [-0.3, -0.25) is 14.6 Å². The minimum absolute atomic E-state index is 0.177. The molecule has 2 aliphatic rings. The van der Waals surface area contributed by atoms with Crippen molar-refractivity contribution in [1.29, 1.82) is 0 Å². The number of hydrogen-bond acceptors (Lipinski definition) is 4. The van der Waals surface area contributed by atoms with E-state index < -0.39 is 0 Å². The third kappa shape index (κ3) is 3.93. The van der Waals surface area contributed by atoms with Gasteiger partial charge in [0.15, 0.2) is 0 Å². The Bertz CT molecular complexity index is 270. The molecule has 0 spiro atoms. The van der Waals surface area contributed by atoms with E-state index in [0.29, 0.717) is 6.42 Å². The molecule has 0 aromatic rings. The molecule has 0 radical (unpaired) electrons. The Morgan fingerprint density at radius 3 is 2.61 bits per heavy atom. The number of likely N-dealkylation sites (tertiary alicyclic amines) is 1. The van der Waals surface area contributed by atoms with E-state index in [1.165, 1.54) is 13.1 Å². The van der Waals surface area contributed by atoms with E-state index >= 15 is 0 Å². The first-order chi connectivity index (χ1) is 8.65. The van der Waals surface area contributed by atoms with Crippen LogP contribution in [0.15, 0.2) is 0 Å². The summed E-state index contributed by atoms with van der Waals surface area (Å²) >= 11 is 0.